The first-order valence-corrected chi connectivity index (χ1v) is 11.7. The van der Waals surface area contributed by atoms with E-state index >= 15 is 0 Å². The van der Waals surface area contributed by atoms with Crippen molar-refractivity contribution >= 4 is 46.5 Å². The van der Waals surface area contributed by atoms with Gasteiger partial charge < -0.3 is 14.9 Å². The maximum absolute atomic E-state index is 12.9. The molecule has 1 amide bonds. The Hall–Kier alpha value is -4.37. The van der Waals surface area contributed by atoms with Crippen molar-refractivity contribution in [1.82, 2.24) is 4.90 Å². The molecule has 0 spiro atoms. The number of nitrogens with zero attached hydrogens (tertiary/aromatic N) is 2. The summed E-state index contributed by atoms with van der Waals surface area (Å²) in [7, 11) is 1.62. The molecule has 1 aliphatic rings. The van der Waals surface area contributed by atoms with Crippen molar-refractivity contribution in [2.45, 2.75) is 13.5 Å². The topological polar surface area (TPSA) is 117 Å². The van der Waals surface area contributed by atoms with E-state index in [4.69, 9.17) is 9.84 Å². The van der Waals surface area contributed by atoms with Crippen molar-refractivity contribution in [2.24, 2.45) is 4.99 Å². The van der Waals surface area contributed by atoms with Gasteiger partial charge in [-0.3, -0.25) is 9.69 Å². The van der Waals surface area contributed by atoms with Crippen molar-refractivity contribution in [3.05, 3.63) is 99.5 Å². The van der Waals surface area contributed by atoms with Gasteiger partial charge in [-0.05, 0) is 66.2 Å². The summed E-state index contributed by atoms with van der Waals surface area (Å²) in [6, 6.07) is 18.6. The average molecular weight is 503 g/mol. The van der Waals surface area contributed by atoms with Crippen LogP contribution in [-0.2, 0) is 11.4 Å². The highest BCUT2D eigenvalue weighted by Crippen LogP contribution is 2.35. The molecular weight excluding hydrogens is 480 g/mol. The fourth-order valence-corrected chi connectivity index (χ4v) is 4.48. The zero-order valence-electron chi connectivity index (χ0n) is 19.5. The number of carboxylic acid groups (broad SMARTS) is 2. The first-order chi connectivity index (χ1) is 17.2. The predicted molar refractivity (Wildman–Crippen MR) is 138 cm³/mol. The van der Waals surface area contributed by atoms with Gasteiger partial charge in [-0.2, -0.15) is 0 Å². The molecule has 0 radical (unpaired) electrons. The Bertz CT molecular complexity index is 1410. The van der Waals surface area contributed by atoms with Crippen LogP contribution >= 0.6 is 11.8 Å². The van der Waals surface area contributed by atoms with Crippen molar-refractivity contribution in [2.75, 3.05) is 7.05 Å². The lowest BCUT2D eigenvalue weighted by Gasteiger charge is -2.10. The molecule has 36 heavy (non-hydrogen) atoms. The molecule has 3 aromatic rings. The lowest BCUT2D eigenvalue weighted by Crippen LogP contribution is -2.23. The van der Waals surface area contributed by atoms with Gasteiger partial charge in [-0.1, -0.05) is 36.4 Å². The van der Waals surface area contributed by atoms with Crippen molar-refractivity contribution < 1.29 is 29.3 Å². The van der Waals surface area contributed by atoms with Crippen molar-refractivity contribution in [3.8, 4) is 5.75 Å². The smallest absolute Gasteiger partial charge is 0.336 e. The van der Waals surface area contributed by atoms with E-state index in [2.05, 4.69) is 4.99 Å². The summed E-state index contributed by atoms with van der Waals surface area (Å²) < 4.78 is 5.96. The van der Waals surface area contributed by atoms with Gasteiger partial charge in [0, 0.05) is 12.6 Å². The van der Waals surface area contributed by atoms with Crippen LogP contribution in [0.1, 0.15) is 37.4 Å². The van der Waals surface area contributed by atoms with E-state index < -0.39 is 11.9 Å². The van der Waals surface area contributed by atoms with E-state index in [-0.39, 0.29) is 23.6 Å². The van der Waals surface area contributed by atoms with Crippen LogP contribution in [0.3, 0.4) is 0 Å². The van der Waals surface area contributed by atoms with Crippen LogP contribution in [0.2, 0.25) is 0 Å². The number of amidine groups is 1. The number of amides is 1. The molecule has 8 nitrogen and oxygen atoms in total. The minimum absolute atomic E-state index is 0.160. The number of para-hydroxylation sites is 1. The maximum atomic E-state index is 12.9. The van der Waals surface area contributed by atoms with E-state index in [9.17, 15) is 19.5 Å². The highest BCUT2D eigenvalue weighted by Gasteiger charge is 2.31. The molecule has 1 aliphatic heterocycles. The lowest BCUT2D eigenvalue weighted by atomic mass is 10.1. The fraction of sp³-hybridized carbons (Fsp3) is 0.111. The third kappa shape index (κ3) is 5.31. The molecule has 0 unspecified atom stereocenters. The second kappa shape index (κ2) is 10.5. The van der Waals surface area contributed by atoms with Crippen LogP contribution < -0.4 is 4.74 Å². The molecule has 1 saturated heterocycles. The number of rotatable bonds is 7. The number of likely N-dealkylation sites (N-methyl/N-ethyl adjacent to an activating group) is 1. The van der Waals surface area contributed by atoms with Gasteiger partial charge in [0.05, 0.1) is 21.7 Å². The molecule has 1 heterocycles. The molecule has 0 atom stereocenters. The Balaban J connectivity index is 1.56. The lowest BCUT2D eigenvalue weighted by molar-refractivity contribution is -0.121. The standard InChI is InChI=1S/C27H22N2O6S/c1-16-20(26(33)34)7-5-8-21(16)28-27-29(2)24(30)23(36-27)14-19-6-3-4-9-22(19)35-15-17-10-12-18(13-11-17)25(31)32/h3-14H,15H2,1-2H3,(H,31,32)(H,33,34)/b23-14-,28-27?. The number of carbonyl (C=O) groups is 3. The normalized spacial score (nSPS) is 15.5. The minimum atomic E-state index is -1.03. The van der Waals surface area contributed by atoms with E-state index in [0.29, 0.717) is 32.6 Å². The number of aliphatic imine (C=N–C) groups is 1. The van der Waals surface area contributed by atoms with Gasteiger partial charge in [-0.25, -0.2) is 14.6 Å². The molecule has 0 bridgehead atoms. The molecule has 4 rings (SSSR count). The zero-order chi connectivity index (χ0) is 25.8. The van der Waals surface area contributed by atoms with Gasteiger partial charge in [0.15, 0.2) is 5.17 Å². The molecular formula is C27H22N2O6S. The number of thioether (sulfide) groups is 1. The summed E-state index contributed by atoms with van der Waals surface area (Å²) >= 11 is 1.20. The van der Waals surface area contributed by atoms with Crippen molar-refractivity contribution in [1.29, 1.82) is 0 Å². The van der Waals surface area contributed by atoms with E-state index in [0.717, 1.165) is 5.56 Å². The molecule has 2 N–H and O–H groups in total. The van der Waals surface area contributed by atoms with Crippen molar-refractivity contribution in [3.63, 3.8) is 0 Å². The third-order valence-electron chi connectivity index (χ3n) is 5.56. The molecule has 1 fully saturated rings. The Labute approximate surface area is 211 Å². The third-order valence-corrected chi connectivity index (χ3v) is 6.62. The molecule has 0 aromatic heterocycles. The molecule has 0 aliphatic carbocycles. The molecule has 0 saturated carbocycles. The Morgan fingerprint density at radius 1 is 1.00 bits per heavy atom. The second-order valence-electron chi connectivity index (χ2n) is 7.95. The van der Waals surface area contributed by atoms with Gasteiger partial charge >= 0.3 is 11.9 Å². The van der Waals surface area contributed by atoms with E-state index in [1.54, 1.807) is 50.4 Å². The Morgan fingerprint density at radius 3 is 2.42 bits per heavy atom. The molecule has 182 valence electrons. The summed E-state index contributed by atoms with van der Waals surface area (Å²) in [5.74, 6) is -1.69. The number of ether oxygens (including phenoxy) is 1. The maximum Gasteiger partial charge on any atom is 0.336 e. The van der Waals surface area contributed by atoms with Gasteiger partial charge in [0.1, 0.15) is 12.4 Å². The predicted octanol–water partition coefficient (Wildman–Crippen LogP) is 5.20. The van der Waals surface area contributed by atoms with Crippen LogP contribution in [0, 0.1) is 6.92 Å². The number of aromatic carboxylic acids is 2. The Kier molecular flexibility index (Phi) is 7.21. The monoisotopic (exact) mass is 502 g/mol. The van der Waals surface area contributed by atoms with Crippen LogP contribution in [0.15, 0.2) is 76.6 Å². The molecule has 9 heteroatoms. The fourth-order valence-electron chi connectivity index (χ4n) is 3.51. The van der Waals surface area contributed by atoms with E-state index in [1.165, 1.54) is 34.9 Å². The zero-order valence-corrected chi connectivity index (χ0v) is 20.3. The summed E-state index contributed by atoms with van der Waals surface area (Å²) in [5.41, 5.74) is 2.87. The SMILES string of the molecule is Cc1c(N=C2S/C(=C\c3ccccc3OCc3ccc(C(=O)O)cc3)C(=O)N2C)cccc1C(=O)O. The first-order valence-electron chi connectivity index (χ1n) is 10.9. The quantitative estimate of drug-likeness (QED) is 0.426. The minimum Gasteiger partial charge on any atom is -0.488 e. The average Bonchev–Trinajstić information content (AvgIpc) is 3.12. The summed E-state index contributed by atoms with van der Waals surface area (Å²) in [6.07, 6.45) is 1.73. The number of hydrogen-bond donors (Lipinski definition) is 2. The Morgan fingerprint density at radius 2 is 1.72 bits per heavy atom. The summed E-state index contributed by atoms with van der Waals surface area (Å²) in [4.78, 5) is 41.8. The highest BCUT2D eigenvalue weighted by atomic mass is 32.2. The number of benzene rings is 3. The first kappa shape index (κ1) is 24.7. The second-order valence-corrected chi connectivity index (χ2v) is 8.96. The van der Waals surface area contributed by atoms with Gasteiger partial charge in [-0.15, -0.1) is 0 Å². The van der Waals surface area contributed by atoms with Crippen LogP contribution in [0.5, 0.6) is 5.75 Å². The van der Waals surface area contributed by atoms with Gasteiger partial charge in [0.2, 0.25) is 0 Å². The summed E-state index contributed by atoms with van der Waals surface area (Å²) in [5, 5.41) is 18.8. The number of carbonyl (C=O) groups excluding carboxylic acids is 1. The van der Waals surface area contributed by atoms with Crippen LogP contribution in [0.25, 0.3) is 6.08 Å². The molecule has 3 aromatic carbocycles. The number of carboxylic acids is 2. The largest absolute Gasteiger partial charge is 0.488 e. The van der Waals surface area contributed by atoms with Gasteiger partial charge in [0.25, 0.3) is 5.91 Å². The van der Waals surface area contributed by atoms with Crippen LogP contribution in [0.4, 0.5) is 5.69 Å². The van der Waals surface area contributed by atoms with E-state index in [1.807, 2.05) is 18.2 Å². The summed E-state index contributed by atoms with van der Waals surface area (Å²) in [6.45, 7) is 1.91. The highest BCUT2D eigenvalue weighted by molar-refractivity contribution is 8.18. The van der Waals surface area contributed by atoms with Crippen LogP contribution in [-0.4, -0.2) is 45.2 Å². The number of hydrogen-bond acceptors (Lipinski definition) is 6.